The Hall–Kier alpha value is -4.58. The molecule has 8 heteroatoms. The molecular formula is C68H94O8. The summed E-state index contributed by atoms with van der Waals surface area (Å²) in [7, 11) is 5.33. The molecule has 0 aromatic heterocycles. The molecule has 2 N–H and O–H groups in total. The molecule has 6 unspecified atom stereocenters. The van der Waals surface area contributed by atoms with Gasteiger partial charge in [-0.2, -0.15) is 0 Å². The van der Waals surface area contributed by atoms with Crippen molar-refractivity contribution in [3.8, 4) is 12.3 Å². The Morgan fingerprint density at radius 1 is 0.579 bits per heavy atom. The van der Waals surface area contributed by atoms with Gasteiger partial charge in [-0.1, -0.05) is 107 Å². The minimum Gasteiger partial charge on any atom is -0.501 e. The molecule has 1 heterocycles. The number of allylic oxidation sites excluding steroid dienone is 18. The smallest absolute Gasteiger partial charge is 0.306 e. The van der Waals surface area contributed by atoms with Gasteiger partial charge in [0.1, 0.15) is 18.0 Å². The molecule has 0 amide bonds. The van der Waals surface area contributed by atoms with Gasteiger partial charge in [0.15, 0.2) is 0 Å². The van der Waals surface area contributed by atoms with Crippen LogP contribution in [0.1, 0.15) is 173 Å². The molecule has 13 aliphatic rings. The third kappa shape index (κ3) is 7.78. The average molecular weight is 1040 g/mol. The zero-order valence-electron chi connectivity index (χ0n) is 47.7. The fourth-order valence-electron chi connectivity index (χ4n) is 19.2. The highest BCUT2D eigenvalue weighted by Crippen LogP contribution is 2.69. The van der Waals surface area contributed by atoms with Crippen LogP contribution in [0.3, 0.4) is 0 Å². The second kappa shape index (κ2) is 19.4. The number of carbonyl (C=O) groups excluding carboxylic acids is 2. The van der Waals surface area contributed by atoms with Crippen LogP contribution >= 0.6 is 0 Å². The second-order valence-electron chi connectivity index (χ2n) is 26.8. The van der Waals surface area contributed by atoms with Crippen LogP contribution in [-0.4, -0.2) is 61.1 Å². The highest BCUT2D eigenvalue weighted by Gasteiger charge is 2.66. The number of methoxy groups -OCH3 is 3. The minimum atomic E-state index is -0.944. The third-order valence-electron chi connectivity index (χ3n) is 24.4. The number of fused-ring (bicyclic) bond motifs is 16. The summed E-state index contributed by atoms with van der Waals surface area (Å²) in [5.41, 5.74) is 7.64. The Kier molecular flexibility index (Phi) is 13.9. The van der Waals surface area contributed by atoms with Crippen LogP contribution in [0.15, 0.2) is 118 Å². The van der Waals surface area contributed by atoms with E-state index < -0.39 is 11.2 Å². The van der Waals surface area contributed by atoms with Gasteiger partial charge in [-0.3, -0.25) is 4.79 Å². The maximum Gasteiger partial charge on any atom is 0.306 e. The number of hydrogen-bond acceptors (Lipinski definition) is 8. The summed E-state index contributed by atoms with van der Waals surface area (Å²) in [6.07, 6.45) is 49.3. The average Bonchev–Trinajstić information content (AvgIpc) is 4.14. The van der Waals surface area contributed by atoms with Crippen molar-refractivity contribution < 1.29 is 41.6 Å². The highest BCUT2D eigenvalue weighted by atomic mass is 16.6. The lowest BCUT2D eigenvalue weighted by atomic mass is 9.52. The molecule has 4 fully saturated rings. The summed E-state index contributed by atoms with van der Waals surface area (Å²) in [4.78, 5) is 19.9. The molecule has 15 atom stereocenters. The number of esters is 1. The Labute approximate surface area is 459 Å². The predicted octanol–water partition coefficient (Wildman–Crippen LogP) is 14.7. The van der Waals surface area contributed by atoms with E-state index in [1.54, 1.807) is 38.0 Å². The molecule has 76 heavy (non-hydrogen) atoms. The van der Waals surface area contributed by atoms with Gasteiger partial charge in [-0.25, -0.2) is 0 Å². The molecule has 414 valence electrons. The molecule has 0 aromatic rings. The monoisotopic (exact) mass is 1040 g/mol. The number of carbonyl (C=O) groups is 2. The maximum absolute atomic E-state index is 11.9. The van der Waals surface area contributed by atoms with E-state index in [-0.39, 0.29) is 46.9 Å². The van der Waals surface area contributed by atoms with Gasteiger partial charge < -0.3 is 34.0 Å². The minimum absolute atomic E-state index is 0. The summed E-state index contributed by atoms with van der Waals surface area (Å²) in [6, 6.07) is 0. The van der Waals surface area contributed by atoms with Gasteiger partial charge >= 0.3 is 5.97 Å². The SMILES string of the molecule is C#C[C@]1(O)CCC2C3CC=C4C=C(OC)CC[C@]4(C)C3=CC[C@@]21C.C=C[C@]1(O)CCC2C3CC=C4C=C(OC)CC[C@]4(C)C3=CC[C@@]21C.C=O.COC1=CC2=CCC3C(=CC[C@@]4(C)C3CC[C@@]43CCC(=O)O3)[C@@]2(C)CC1.[HH].[HH]. The van der Waals surface area contributed by atoms with Crippen LogP contribution in [0.5, 0.6) is 0 Å². The summed E-state index contributed by atoms with van der Waals surface area (Å²) in [5, 5.41) is 22.1. The van der Waals surface area contributed by atoms with E-state index in [4.69, 9.17) is 30.2 Å². The predicted molar refractivity (Wildman–Crippen MR) is 305 cm³/mol. The van der Waals surface area contributed by atoms with Gasteiger partial charge in [0.2, 0.25) is 0 Å². The van der Waals surface area contributed by atoms with Gasteiger partial charge in [0.05, 0.1) is 44.2 Å². The Morgan fingerprint density at radius 2 is 0.974 bits per heavy atom. The number of terminal acetylenes is 1. The van der Waals surface area contributed by atoms with E-state index in [1.807, 2.05) is 12.9 Å². The van der Waals surface area contributed by atoms with E-state index in [1.165, 1.54) is 23.1 Å². The normalized spacial score (nSPS) is 45.4. The molecule has 8 nitrogen and oxygen atoms in total. The first-order valence-corrected chi connectivity index (χ1v) is 29.2. The fourth-order valence-corrected chi connectivity index (χ4v) is 19.2. The van der Waals surface area contributed by atoms with Gasteiger partial charge in [0.25, 0.3) is 0 Å². The van der Waals surface area contributed by atoms with Crippen LogP contribution in [-0.2, 0) is 28.5 Å². The van der Waals surface area contributed by atoms with E-state index >= 15 is 0 Å². The van der Waals surface area contributed by atoms with Crippen molar-refractivity contribution in [2.24, 2.45) is 68.0 Å². The first-order valence-electron chi connectivity index (χ1n) is 29.2. The van der Waals surface area contributed by atoms with Gasteiger partial charge in [-0.05, 0) is 173 Å². The van der Waals surface area contributed by atoms with Gasteiger partial charge in [-0.15, -0.1) is 13.0 Å². The molecule has 0 bridgehead atoms. The Morgan fingerprint density at radius 3 is 1.38 bits per heavy atom. The molecular weight excluding hydrogens is 945 g/mol. The lowest BCUT2D eigenvalue weighted by Gasteiger charge is -2.53. The number of aliphatic hydroxyl groups is 2. The first kappa shape index (κ1) is 54.8. The molecule has 3 saturated carbocycles. The molecule has 13 rings (SSSR count). The Balaban J connectivity index is 0.000000150. The molecule has 0 aromatic carbocycles. The third-order valence-corrected chi connectivity index (χ3v) is 24.4. The van der Waals surface area contributed by atoms with Crippen molar-refractivity contribution >= 4 is 12.8 Å². The molecule has 1 spiro atoms. The number of hydrogen-bond donors (Lipinski definition) is 2. The second-order valence-corrected chi connectivity index (χ2v) is 26.8. The number of ether oxygens (including phenoxy) is 4. The standard InChI is InChI=1S/C23H30O3.C22H30O2.C22H28O2.CH2O.2H2/c1-21-10-6-16(25-3)14-15(21)4-5-17-18(21)7-11-22(2)19(17)8-12-23(22)13-9-20(24)26-23;2*1-5-22(23)13-10-19-17-7-6-15-14-16(24-4)8-11-20(15,2)18(17)9-12-21(19,22)3;1-2;;/h4,7,14,17,19H,5-6,8-13H2,1-3H3;5-6,9,14,17,19,23H,1,7-8,10-13H2,2-4H3;1,6,9,14,17,19,23H,7-8,10-13H2,2-4H3;1H2;2*1H/t17?,19?,21-,22-,23+;2*17?,19?,20-,21-,22-;;;/m000.../s1. The largest absolute Gasteiger partial charge is 0.501 e. The number of rotatable bonds is 4. The Bertz CT molecular complexity index is 2750. The summed E-state index contributed by atoms with van der Waals surface area (Å²) in [5.74, 6) is 9.47. The quantitative estimate of drug-likeness (QED) is 0.163. The summed E-state index contributed by atoms with van der Waals surface area (Å²) < 4.78 is 22.5. The summed E-state index contributed by atoms with van der Waals surface area (Å²) in [6.45, 7) is 20.1. The van der Waals surface area contributed by atoms with Crippen LogP contribution in [0, 0.1) is 80.3 Å². The van der Waals surface area contributed by atoms with Crippen molar-refractivity contribution in [3.05, 3.63) is 118 Å². The summed E-state index contributed by atoms with van der Waals surface area (Å²) >= 11 is 0. The topological polar surface area (TPSA) is 112 Å². The van der Waals surface area contributed by atoms with Crippen molar-refractivity contribution in [1.82, 2.24) is 0 Å². The van der Waals surface area contributed by atoms with E-state index in [9.17, 15) is 15.0 Å². The lowest BCUT2D eigenvalue weighted by Crippen LogP contribution is -2.50. The van der Waals surface area contributed by atoms with E-state index in [2.05, 4.69) is 109 Å². The van der Waals surface area contributed by atoms with Crippen molar-refractivity contribution in [3.63, 3.8) is 0 Å². The molecule has 1 saturated heterocycles. The zero-order valence-corrected chi connectivity index (χ0v) is 47.7. The van der Waals surface area contributed by atoms with Crippen molar-refractivity contribution in [2.75, 3.05) is 21.3 Å². The highest BCUT2D eigenvalue weighted by molar-refractivity contribution is 5.72. The van der Waals surface area contributed by atoms with Crippen molar-refractivity contribution in [1.29, 1.82) is 0 Å². The molecule has 12 aliphatic carbocycles. The fraction of sp³-hybridized carbons (Fsp3) is 0.647. The van der Waals surface area contributed by atoms with Crippen molar-refractivity contribution in [2.45, 2.75) is 187 Å². The van der Waals surface area contributed by atoms with Crippen LogP contribution in [0.2, 0.25) is 0 Å². The lowest BCUT2D eigenvalue weighted by molar-refractivity contribution is -0.160. The first-order chi connectivity index (χ1) is 36.2. The van der Waals surface area contributed by atoms with Crippen LogP contribution in [0.4, 0.5) is 0 Å². The maximum atomic E-state index is 11.9. The zero-order chi connectivity index (χ0) is 54.5. The molecule has 1 aliphatic heterocycles. The van der Waals surface area contributed by atoms with Crippen LogP contribution in [0.25, 0.3) is 0 Å². The van der Waals surface area contributed by atoms with E-state index in [0.29, 0.717) is 41.9 Å². The van der Waals surface area contributed by atoms with E-state index in [0.717, 1.165) is 133 Å². The van der Waals surface area contributed by atoms with Crippen LogP contribution < -0.4 is 0 Å². The molecule has 0 radical (unpaired) electrons. The van der Waals surface area contributed by atoms with Gasteiger partial charge in [0, 0.05) is 61.0 Å².